The molecule has 0 bridgehead atoms. The molecule has 0 spiro atoms. The van der Waals surface area contributed by atoms with E-state index in [1.165, 1.54) is 11.0 Å². The molecule has 8 heteroatoms. The number of nitrogens with zero attached hydrogens (tertiary/aromatic N) is 4. The number of anilines is 1. The summed E-state index contributed by atoms with van der Waals surface area (Å²) in [5.41, 5.74) is 1.44. The molecule has 1 heterocycles. The van der Waals surface area contributed by atoms with Gasteiger partial charge in [-0.15, -0.1) is 5.10 Å². The zero-order valence-electron chi connectivity index (χ0n) is 12.6. The Kier molecular flexibility index (Phi) is 5.17. The minimum atomic E-state index is -0.126. The minimum absolute atomic E-state index is 0.126. The number of carbonyl (C=O) groups excluding carboxylic acids is 1. The SMILES string of the molecule is O=C(CCOc1cccc(Br)c1)Nc1cccc(-n2cnnn2)c1. The molecule has 0 radical (unpaired) electrons. The summed E-state index contributed by atoms with van der Waals surface area (Å²) >= 11 is 3.38. The molecular weight excluding hydrogens is 374 g/mol. The van der Waals surface area contributed by atoms with Gasteiger partial charge in [-0.25, -0.2) is 4.68 Å². The highest BCUT2D eigenvalue weighted by molar-refractivity contribution is 9.10. The Morgan fingerprint density at radius 3 is 2.88 bits per heavy atom. The Hall–Kier alpha value is -2.74. The molecule has 0 aliphatic carbocycles. The Morgan fingerprint density at radius 1 is 1.21 bits per heavy atom. The van der Waals surface area contributed by atoms with Gasteiger partial charge in [-0.3, -0.25) is 4.79 Å². The van der Waals surface area contributed by atoms with Gasteiger partial charge in [0.1, 0.15) is 12.1 Å². The summed E-state index contributed by atoms with van der Waals surface area (Å²) in [7, 11) is 0. The maximum Gasteiger partial charge on any atom is 0.227 e. The minimum Gasteiger partial charge on any atom is -0.493 e. The number of halogens is 1. The topological polar surface area (TPSA) is 81.9 Å². The van der Waals surface area contributed by atoms with Crippen molar-refractivity contribution in [1.29, 1.82) is 0 Å². The number of amides is 1. The molecule has 0 fully saturated rings. The van der Waals surface area contributed by atoms with Crippen molar-refractivity contribution in [3.05, 3.63) is 59.3 Å². The average Bonchev–Trinajstić information content (AvgIpc) is 3.10. The third kappa shape index (κ3) is 4.39. The molecule has 24 heavy (non-hydrogen) atoms. The van der Waals surface area contributed by atoms with Crippen molar-refractivity contribution >= 4 is 27.5 Å². The number of nitrogens with one attached hydrogen (secondary N) is 1. The van der Waals surface area contributed by atoms with Crippen LogP contribution >= 0.6 is 15.9 Å². The monoisotopic (exact) mass is 387 g/mol. The smallest absolute Gasteiger partial charge is 0.227 e. The number of ether oxygens (including phenoxy) is 1. The van der Waals surface area contributed by atoms with Crippen LogP contribution in [0.1, 0.15) is 6.42 Å². The third-order valence-electron chi connectivity index (χ3n) is 3.14. The van der Waals surface area contributed by atoms with E-state index in [0.717, 1.165) is 15.9 Å². The first kappa shape index (κ1) is 16.1. The van der Waals surface area contributed by atoms with E-state index in [4.69, 9.17) is 4.74 Å². The Morgan fingerprint density at radius 2 is 2.08 bits per heavy atom. The van der Waals surface area contributed by atoms with Gasteiger partial charge in [-0.05, 0) is 46.8 Å². The normalized spacial score (nSPS) is 10.4. The molecule has 3 rings (SSSR count). The standard InChI is InChI=1S/C16H14BrN5O2/c17-12-3-1-6-15(9-12)24-8-7-16(23)19-13-4-2-5-14(10-13)22-11-18-20-21-22/h1-6,9-11H,7-8H2,(H,19,23). The molecule has 1 N–H and O–H groups in total. The van der Waals surface area contributed by atoms with Crippen LogP contribution in [0.15, 0.2) is 59.3 Å². The predicted molar refractivity (Wildman–Crippen MR) is 92.0 cm³/mol. The Bertz CT molecular complexity index is 823. The number of rotatable bonds is 6. The van der Waals surface area contributed by atoms with Crippen molar-refractivity contribution in [2.45, 2.75) is 6.42 Å². The van der Waals surface area contributed by atoms with Crippen LogP contribution in [0.4, 0.5) is 5.69 Å². The summed E-state index contributed by atoms with van der Waals surface area (Å²) in [5.74, 6) is 0.594. The van der Waals surface area contributed by atoms with Gasteiger partial charge in [-0.2, -0.15) is 0 Å². The van der Waals surface area contributed by atoms with E-state index in [-0.39, 0.29) is 12.3 Å². The lowest BCUT2D eigenvalue weighted by atomic mass is 10.2. The van der Waals surface area contributed by atoms with E-state index in [1.807, 2.05) is 36.4 Å². The predicted octanol–water partition coefficient (Wildman–Crippen LogP) is 2.83. The fourth-order valence-corrected chi connectivity index (χ4v) is 2.43. The Balaban J connectivity index is 1.52. The zero-order valence-corrected chi connectivity index (χ0v) is 14.2. The first-order chi connectivity index (χ1) is 11.7. The van der Waals surface area contributed by atoms with Gasteiger partial charge in [0, 0.05) is 10.2 Å². The van der Waals surface area contributed by atoms with Crippen LogP contribution in [0.5, 0.6) is 5.75 Å². The molecule has 1 aromatic heterocycles. The molecule has 0 unspecified atom stereocenters. The van der Waals surface area contributed by atoms with Gasteiger partial charge < -0.3 is 10.1 Å². The molecule has 0 saturated carbocycles. The molecule has 0 aliphatic rings. The maximum absolute atomic E-state index is 12.0. The molecule has 2 aromatic carbocycles. The van der Waals surface area contributed by atoms with Gasteiger partial charge in [0.15, 0.2) is 0 Å². The second kappa shape index (κ2) is 7.69. The molecule has 0 aliphatic heterocycles. The average molecular weight is 388 g/mol. The summed E-state index contributed by atoms with van der Waals surface area (Å²) in [5, 5.41) is 13.8. The highest BCUT2D eigenvalue weighted by Gasteiger charge is 2.05. The van der Waals surface area contributed by atoms with E-state index in [2.05, 4.69) is 36.8 Å². The molecule has 1 amide bonds. The third-order valence-corrected chi connectivity index (χ3v) is 3.63. The fraction of sp³-hybridized carbons (Fsp3) is 0.125. The number of hydrogen-bond donors (Lipinski definition) is 1. The van der Waals surface area contributed by atoms with Gasteiger partial charge >= 0.3 is 0 Å². The molecule has 0 saturated heterocycles. The van der Waals surface area contributed by atoms with E-state index in [1.54, 1.807) is 12.1 Å². The van der Waals surface area contributed by atoms with Crippen molar-refractivity contribution in [3.63, 3.8) is 0 Å². The van der Waals surface area contributed by atoms with Gasteiger partial charge in [0.2, 0.25) is 5.91 Å². The molecule has 3 aromatic rings. The summed E-state index contributed by atoms with van der Waals surface area (Å²) in [6.45, 7) is 0.301. The lowest BCUT2D eigenvalue weighted by molar-refractivity contribution is -0.116. The van der Waals surface area contributed by atoms with Crippen molar-refractivity contribution in [1.82, 2.24) is 20.2 Å². The number of tetrazole rings is 1. The highest BCUT2D eigenvalue weighted by atomic mass is 79.9. The largest absolute Gasteiger partial charge is 0.493 e. The number of benzene rings is 2. The van der Waals surface area contributed by atoms with Crippen molar-refractivity contribution in [2.24, 2.45) is 0 Å². The number of carbonyl (C=O) groups is 1. The van der Waals surface area contributed by atoms with Crippen LogP contribution in [0, 0.1) is 0 Å². The highest BCUT2D eigenvalue weighted by Crippen LogP contribution is 2.18. The van der Waals surface area contributed by atoms with Crippen LogP contribution in [-0.4, -0.2) is 32.7 Å². The van der Waals surface area contributed by atoms with E-state index in [9.17, 15) is 4.79 Å². The lowest BCUT2D eigenvalue weighted by Gasteiger charge is -2.08. The summed E-state index contributed by atoms with van der Waals surface area (Å²) in [4.78, 5) is 12.0. The maximum atomic E-state index is 12.0. The van der Waals surface area contributed by atoms with Gasteiger partial charge in [0.05, 0.1) is 18.7 Å². The van der Waals surface area contributed by atoms with Crippen molar-refractivity contribution in [2.75, 3.05) is 11.9 Å². The second-order valence-corrected chi connectivity index (χ2v) is 5.82. The van der Waals surface area contributed by atoms with Crippen LogP contribution < -0.4 is 10.1 Å². The first-order valence-corrected chi connectivity index (χ1v) is 8.02. The zero-order chi connectivity index (χ0) is 16.8. The summed E-state index contributed by atoms with van der Waals surface area (Å²) < 4.78 is 8.01. The van der Waals surface area contributed by atoms with Gasteiger partial charge in [0.25, 0.3) is 0 Å². The van der Waals surface area contributed by atoms with Crippen molar-refractivity contribution < 1.29 is 9.53 Å². The molecule has 7 nitrogen and oxygen atoms in total. The van der Waals surface area contributed by atoms with Crippen LogP contribution in [-0.2, 0) is 4.79 Å². The van der Waals surface area contributed by atoms with Crippen LogP contribution in [0.3, 0.4) is 0 Å². The van der Waals surface area contributed by atoms with E-state index in [0.29, 0.717) is 12.3 Å². The van der Waals surface area contributed by atoms with Crippen LogP contribution in [0.2, 0.25) is 0 Å². The quantitative estimate of drug-likeness (QED) is 0.702. The lowest BCUT2D eigenvalue weighted by Crippen LogP contribution is -2.15. The van der Waals surface area contributed by atoms with E-state index < -0.39 is 0 Å². The summed E-state index contributed by atoms with van der Waals surface area (Å²) in [6, 6.07) is 14.8. The molecule has 0 atom stereocenters. The summed E-state index contributed by atoms with van der Waals surface area (Å²) in [6.07, 6.45) is 1.74. The first-order valence-electron chi connectivity index (χ1n) is 7.22. The fourth-order valence-electron chi connectivity index (χ4n) is 2.05. The van der Waals surface area contributed by atoms with Gasteiger partial charge in [-0.1, -0.05) is 28.1 Å². The number of hydrogen-bond acceptors (Lipinski definition) is 5. The van der Waals surface area contributed by atoms with Crippen LogP contribution in [0.25, 0.3) is 5.69 Å². The molecule has 122 valence electrons. The number of aromatic nitrogens is 4. The Labute approximate surface area is 146 Å². The van der Waals surface area contributed by atoms with E-state index >= 15 is 0 Å². The molecular formula is C16H14BrN5O2. The van der Waals surface area contributed by atoms with Crippen molar-refractivity contribution in [3.8, 4) is 11.4 Å². The second-order valence-electron chi connectivity index (χ2n) is 4.91.